The molecule has 3 nitrogen and oxygen atoms in total. The number of Topliss-reactive ketones (excluding diaryl/α,β-unsaturated/α-hetero) is 1. The molecule has 4 saturated carbocycles. The van der Waals surface area contributed by atoms with Gasteiger partial charge in [0.1, 0.15) is 5.78 Å². The van der Waals surface area contributed by atoms with Gasteiger partial charge < -0.3 is 10.2 Å². The first-order valence-corrected chi connectivity index (χ1v) is 9.24. The molecule has 0 bridgehead atoms. The normalized spacial score (nSPS) is 57.9. The lowest BCUT2D eigenvalue weighted by molar-refractivity contribution is -0.183. The maximum atomic E-state index is 12.1. The van der Waals surface area contributed by atoms with Gasteiger partial charge in [-0.15, -0.1) is 0 Å². The fraction of sp³-hybridized carbons (Fsp3) is 0.947. The van der Waals surface area contributed by atoms with E-state index in [1.54, 1.807) is 0 Å². The molecule has 124 valence electrons. The van der Waals surface area contributed by atoms with Crippen LogP contribution in [0.3, 0.4) is 0 Å². The number of aliphatic hydroxyl groups is 2. The number of fused-ring (bicyclic) bond motifs is 5. The van der Waals surface area contributed by atoms with Crippen LogP contribution in [0.2, 0.25) is 0 Å². The lowest BCUT2D eigenvalue weighted by atomic mass is 9.44. The molecule has 3 heteroatoms. The van der Waals surface area contributed by atoms with Gasteiger partial charge in [0.25, 0.3) is 0 Å². The molecule has 0 aliphatic heterocycles. The average Bonchev–Trinajstić information content (AvgIpc) is 2.78. The van der Waals surface area contributed by atoms with Crippen LogP contribution in [-0.2, 0) is 4.79 Å². The van der Waals surface area contributed by atoms with Gasteiger partial charge in [0.2, 0.25) is 0 Å². The SMILES string of the molecule is CC12CC(=O)CC1C1C[C@H](O)[C@H]3CCCCC3(C)C1CC2O. The van der Waals surface area contributed by atoms with E-state index in [4.69, 9.17) is 0 Å². The van der Waals surface area contributed by atoms with E-state index in [9.17, 15) is 15.0 Å². The summed E-state index contributed by atoms with van der Waals surface area (Å²) in [6, 6.07) is 0. The van der Waals surface area contributed by atoms with Crippen molar-refractivity contribution in [2.75, 3.05) is 0 Å². The summed E-state index contributed by atoms with van der Waals surface area (Å²) in [5.74, 6) is 1.91. The molecular formula is C19H30O3. The van der Waals surface area contributed by atoms with Gasteiger partial charge in [-0.05, 0) is 54.8 Å². The molecule has 6 unspecified atom stereocenters. The summed E-state index contributed by atoms with van der Waals surface area (Å²) in [6.07, 6.45) is 7.10. The van der Waals surface area contributed by atoms with E-state index in [0.29, 0.717) is 36.4 Å². The van der Waals surface area contributed by atoms with Crippen molar-refractivity contribution in [3.63, 3.8) is 0 Å². The summed E-state index contributed by atoms with van der Waals surface area (Å²) >= 11 is 0. The average molecular weight is 306 g/mol. The van der Waals surface area contributed by atoms with Gasteiger partial charge >= 0.3 is 0 Å². The van der Waals surface area contributed by atoms with Crippen LogP contribution < -0.4 is 0 Å². The fourth-order valence-corrected chi connectivity index (χ4v) is 7.08. The summed E-state index contributed by atoms with van der Waals surface area (Å²) in [5.41, 5.74) is -0.0790. The van der Waals surface area contributed by atoms with Gasteiger partial charge in [-0.2, -0.15) is 0 Å². The predicted molar refractivity (Wildman–Crippen MR) is 84.1 cm³/mol. The topological polar surface area (TPSA) is 57.5 Å². The van der Waals surface area contributed by atoms with E-state index in [0.717, 1.165) is 19.3 Å². The Bertz CT molecular complexity index is 489. The van der Waals surface area contributed by atoms with Crippen molar-refractivity contribution in [2.24, 2.45) is 34.5 Å². The summed E-state index contributed by atoms with van der Waals surface area (Å²) in [5, 5.41) is 21.6. The van der Waals surface area contributed by atoms with Gasteiger partial charge in [-0.1, -0.05) is 26.7 Å². The summed E-state index contributed by atoms with van der Waals surface area (Å²) in [4.78, 5) is 12.1. The van der Waals surface area contributed by atoms with Crippen molar-refractivity contribution in [2.45, 2.75) is 77.4 Å². The Balaban J connectivity index is 1.73. The van der Waals surface area contributed by atoms with Gasteiger partial charge in [0, 0.05) is 18.3 Å². The van der Waals surface area contributed by atoms with Crippen molar-refractivity contribution in [3.05, 3.63) is 0 Å². The molecule has 0 radical (unpaired) electrons. The van der Waals surface area contributed by atoms with Crippen LogP contribution in [0, 0.1) is 34.5 Å². The zero-order chi connectivity index (χ0) is 15.7. The smallest absolute Gasteiger partial charge is 0.133 e. The second-order valence-corrected chi connectivity index (χ2v) is 9.21. The predicted octanol–water partition coefficient (Wildman–Crippen LogP) is 2.93. The molecule has 4 fully saturated rings. The lowest BCUT2D eigenvalue weighted by Gasteiger charge is -2.62. The van der Waals surface area contributed by atoms with Crippen LogP contribution in [0.5, 0.6) is 0 Å². The molecular weight excluding hydrogens is 276 g/mol. The Hall–Kier alpha value is -0.410. The molecule has 0 amide bonds. The second kappa shape index (κ2) is 4.80. The third-order valence-electron chi connectivity index (χ3n) is 8.30. The molecule has 0 aromatic rings. The van der Waals surface area contributed by atoms with E-state index in [1.807, 2.05) is 0 Å². The number of hydrogen-bond acceptors (Lipinski definition) is 3. The van der Waals surface area contributed by atoms with Gasteiger partial charge in [0.05, 0.1) is 12.2 Å². The zero-order valence-electron chi connectivity index (χ0n) is 13.9. The molecule has 4 rings (SSSR count). The molecule has 4 aliphatic carbocycles. The summed E-state index contributed by atoms with van der Waals surface area (Å²) in [6.45, 7) is 4.48. The van der Waals surface area contributed by atoms with E-state index < -0.39 is 0 Å². The molecule has 0 aromatic carbocycles. The van der Waals surface area contributed by atoms with Crippen molar-refractivity contribution < 1.29 is 15.0 Å². The first-order chi connectivity index (χ1) is 10.4. The Morgan fingerprint density at radius 2 is 1.77 bits per heavy atom. The Morgan fingerprint density at radius 1 is 1.00 bits per heavy atom. The van der Waals surface area contributed by atoms with Crippen molar-refractivity contribution in [1.82, 2.24) is 0 Å². The highest BCUT2D eigenvalue weighted by Gasteiger charge is 2.63. The molecule has 8 atom stereocenters. The minimum absolute atomic E-state index is 0.161. The highest BCUT2D eigenvalue weighted by molar-refractivity contribution is 5.82. The number of aliphatic hydroxyl groups excluding tert-OH is 2. The Kier molecular flexibility index (Phi) is 3.30. The molecule has 0 heterocycles. The quantitative estimate of drug-likeness (QED) is 0.723. The van der Waals surface area contributed by atoms with Gasteiger partial charge in [-0.25, -0.2) is 0 Å². The van der Waals surface area contributed by atoms with E-state index in [2.05, 4.69) is 13.8 Å². The Morgan fingerprint density at radius 3 is 2.55 bits per heavy atom. The van der Waals surface area contributed by atoms with Crippen LogP contribution in [0.15, 0.2) is 0 Å². The number of hydrogen-bond donors (Lipinski definition) is 2. The maximum absolute atomic E-state index is 12.1. The number of carbonyl (C=O) groups is 1. The van der Waals surface area contributed by atoms with Crippen LogP contribution in [-0.4, -0.2) is 28.2 Å². The van der Waals surface area contributed by atoms with Crippen LogP contribution in [0.25, 0.3) is 0 Å². The molecule has 22 heavy (non-hydrogen) atoms. The van der Waals surface area contributed by atoms with Crippen molar-refractivity contribution in [1.29, 1.82) is 0 Å². The zero-order valence-corrected chi connectivity index (χ0v) is 13.9. The van der Waals surface area contributed by atoms with E-state index >= 15 is 0 Å². The third-order valence-corrected chi connectivity index (χ3v) is 8.30. The minimum atomic E-state index is -0.347. The van der Waals surface area contributed by atoms with Gasteiger partial charge in [-0.3, -0.25) is 4.79 Å². The number of ketones is 1. The third kappa shape index (κ3) is 1.84. The van der Waals surface area contributed by atoms with Gasteiger partial charge in [0.15, 0.2) is 0 Å². The summed E-state index contributed by atoms with van der Waals surface area (Å²) in [7, 11) is 0. The highest BCUT2D eigenvalue weighted by Crippen LogP contribution is 2.65. The largest absolute Gasteiger partial charge is 0.393 e. The van der Waals surface area contributed by atoms with Crippen LogP contribution >= 0.6 is 0 Å². The fourth-order valence-electron chi connectivity index (χ4n) is 7.08. The first-order valence-electron chi connectivity index (χ1n) is 9.24. The number of carbonyl (C=O) groups excluding carboxylic acids is 1. The van der Waals surface area contributed by atoms with E-state index in [-0.39, 0.29) is 29.0 Å². The minimum Gasteiger partial charge on any atom is -0.393 e. The molecule has 0 saturated heterocycles. The van der Waals surface area contributed by atoms with Crippen molar-refractivity contribution in [3.8, 4) is 0 Å². The molecule has 4 aliphatic rings. The van der Waals surface area contributed by atoms with E-state index in [1.165, 1.54) is 19.3 Å². The molecule has 0 aromatic heterocycles. The second-order valence-electron chi connectivity index (χ2n) is 9.21. The van der Waals surface area contributed by atoms with Crippen LogP contribution in [0.4, 0.5) is 0 Å². The molecule has 2 N–H and O–H groups in total. The summed E-state index contributed by atoms with van der Waals surface area (Å²) < 4.78 is 0. The van der Waals surface area contributed by atoms with Crippen LogP contribution in [0.1, 0.15) is 65.2 Å². The maximum Gasteiger partial charge on any atom is 0.133 e. The first kappa shape index (κ1) is 15.1. The molecule has 0 spiro atoms. The lowest BCUT2D eigenvalue weighted by Crippen LogP contribution is -2.59. The van der Waals surface area contributed by atoms with Crippen molar-refractivity contribution >= 4 is 5.78 Å². The standard InChI is InChI=1S/C19H30O3/c1-18-6-4-3-5-13(18)16(21)8-12-14-7-11(20)10-19(14,2)17(22)9-15(12)18/h12-17,21-22H,3-10H2,1-2H3/t12?,13-,14?,15?,16+,17?,18?,19?/m1/s1. The highest BCUT2D eigenvalue weighted by atomic mass is 16.3. The number of rotatable bonds is 0. The monoisotopic (exact) mass is 306 g/mol. The Labute approximate surface area is 133 Å².